The van der Waals surface area contributed by atoms with Crippen LogP contribution >= 0.6 is 0 Å². The van der Waals surface area contributed by atoms with Crippen molar-refractivity contribution in [1.82, 2.24) is 0 Å². The largest absolute Gasteiger partial charge is 0.477 e. The fourth-order valence-electron chi connectivity index (χ4n) is 6.90. The Labute approximate surface area is 368 Å². The quantitative estimate of drug-likeness (QED) is 0.0282. The van der Waals surface area contributed by atoms with Gasteiger partial charge in [-0.15, -0.1) is 0 Å². The lowest BCUT2D eigenvalue weighted by Gasteiger charge is -2.31. The van der Waals surface area contributed by atoms with Crippen molar-refractivity contribution in [3.05, 3.63) is 60.8 Å². The average Bonchev–Trinajstić information content (AvgIpc) is 3.21. The van der Waals surface area contributed by atoms with Crippen molar-refractivity contribution in [1.29, 1.82) is 0 Å². The number of carboxylic acid groups (broad SMARTS) is 1. The lowest BCUT2D eigenvalue weighted by atomic mass is 10.1. The van der Waals surface area contributed by atoms with Gasteiger partial charge >= 0.3 is 17.9 Å². The summed E-state index contributed by atoms with van der Waals surface area (Å²) in [6.07, 6.45) is 52.6. The van der Waals surface area contributed by atoms with Crippen LogP contribution in [0.15, 0.2) is 60.8 Å². The molecule has 2 unspecified atom stereocenters. The number of carbonyl (C=O) groups excluding carboxylic acids is 2. The van der Waals surface area contributed by atoms with E-state index in [0.29, 0.717) is 19.3 Å². The Balaban J connectivity index is 4.30. The molecule has 8 nitrogen and oxygen atoms in total. The zero-order valence-electron chi connectivity index (χ0n) is 39.4. The van der Waals surface area contributed by atoms with Crippen LogP contribution in [0.5, 0.6) is 0 Å². The third kappa shape index (κ3) is 40.4. The average molecular weight is 843 g/mol. The van der Waals surface area contributed by atoms with Gasteiger partial charge in [0.05, 0.1) is 34.4 Å². The van der Waals surface area contributed by atoms with Crippen LogP contribution < -0.4 is 0 Å². The van der Waals surface area contributed by atoms with Crippen LogP contribution in [0, 0.1) is 0 Å². The van der Waals surface area contributed by atoms with E-state index in [2.05, 4.69) is 74.6 Å². The molecule has 0 aliphatic carbocycles. The zero-order chi connectivity index (χ0) is 44.2. The number of hydrogen-bond acceptors (Lipinski definition) is 6. The first-order valence-electron chi connectivity index (χ1n) is 24.3. The maximum Gasteiger partial charge on any atom is 0.362 e. The van der Waals surface area contributed by atoms with Crippen LogP contribution in [0.1, 0.15) is 200 Å². The Morgan fingerprint density at radius 3 is 1.38 bits per heavy atom. The molecule has 0 aromatic rings. The molecule has 0 bridgehead atoms. The monoisotopic (exact) mass is 843 g/mol. The van der Waals surface area contributed by atoms with Gasteiger partial charge in [0, 0.05) is 19.3 Å². The summed E-state index contributed by atoms with van der Waals surface area (Å²) in [6.45, 7) is 4.60. The molecule has 0 saturated carbocycles. The van der Waals surface area contributed by atoms with Crippen molar-refractivity contribution in [3.8, 4) is 0 Å². The molecule has 0 amide bonds. The van der Waals surface area contributed by atoms with Gasteiger partial charge in [-0.2, -0.15) is 0 Å². The van der Waals surface area contributed by atoms with Gasteiger partial charge in [-0.25, -0.2) is 4.79 Å². The van der Waals surface area contributed by atoms with Crippen molar-refractivity contribution >= 4 is 17.9 Å². The molecule has 0 saturated heterocycles. The Morgan fingerprint density at radius 2 is 0.933 bits per heavy atom. The molecule has 0 aromatic carbocycles. The predicted molar refractivity (Wildman–Crippen MR) is 252 cm³/mol. The van der Waals surface area contributed by atoms with E-state index < -0.39 is 18.1 Å². The molecule has 0 aliphatic rings. The van der Waals surface area contributed by atoms with Crippen LogP contribution in [0.3, 0.4) is 0 Å². The number of unbranched alkanes of at least 4 members (excludes halogenated alkanes) is 19. The second kappa shape index (κ2) is 42.7. The van der Waals surface area contributed by atoms with Gasteiger partial charge in [-0.1, -0.05) is 164 Å². The third-order valence-electron chi connectivity index (χ3n) is 10.7. The van der Waals surface area contributed by atoms with Gasteiger partial charge in [-0.3, -0.25) is 9.59 Å². The Morgan fingerprint density at radius 1 is 0.517 bits per heavy atom. The van der Waals surface area contributed by atoms with Gasteiger partial charge < -0.3 is 23.8 Å². The molecular weight excluding hydrogens is 751 g/mol. The smallest absolute Gasteiger partial charge is 0.362 e. The van der Waals surface area contributed by atoms with Crippen molar-refractivity contribution in [2.75, 3.05) is 41.0 Å². The van der Waals surface area contributed by atoms with E-state index in [9.17, 15) is 19.5 Å². The molecule has 60 heavy (non-hydrogen) atoms. The van der Waals surface area contributed by atoms with Crippen molar-refractivity contribution in [2.24, 2.45) is 0 Å². The van der Waals surface area contributed by atoms with Gasteiger partial charge in [0.15, 0.2) is 12.1 Å². The molecule has 0 aliphatic heterocycles. The highest BCUT2D eigenvalue weighted by Crippen LogP contribution is 2.15. The minimum absolute atomic E-state index is 0.0549. The van der Waals surface area contributed by atoms with Crippen LogP contribution in [0.25, 0.3) is 0 Å². The standard InChI is InChI=1S/C52H91NO7/c1-6-8-10-12-14-16-18-20-22-24-25-27-29-31-33-35-37-39-41-43-51(55)60-48(46-58-45-44-49(52(56)57)53(3,4)5)47-59-50(54)42-40-38-36-34-32-30-28-26-23-21-19-17-15-13-11-9-7-2/h8,10,14-17,20-23,48-49H,6-7,9,11-13,18-19,24-47H2,1-5H3/p+1/b10-8+,16-14+,17-15+,22-20+,23-21+. The normalized spacial score (nSPS) is 13.4. The summed E-state index contributed by atoms with van der Waals surface area (Å²) in [7, 11) is 5.53. The first-order valence-corrected chi connectivity index (χ1v) is 24.3. The number of rotatable bonds is 43. The summed E-state index contributed by atoms with van der Waals surface area (Å²) < 4.78 is 17.3. The Kier molecular flexibility index (Phi) is 40.6. The molecule has 346 valence electrons. The molecule has 0 aromatic heterocycles. The van der Waals surface area contributed by atoms with E-state index in [-0.39, 0.29) is 36.2 Å². The van der Waals surface area contributed by atoms with Crippen molar-refractivity contribution in [2.45, 2.75) is 212 Å². The van der Waals surface area contributed by atoms with Gasteiger partial charge in [0.1, 0.15) is 6.61 Å². The summed E-state index contributed by atoms with van der Waals surface area (Å²) in [4.78, 5) is 37.1. The minimum Gasteiger partial charge on any atom is -0.477 e. The molecule has 0 fully saturated rings. The summed E-state index contributed by atoms with van der Waals surface area (Å²) >= 11 is 0. The second-order valence-electron chi connectivity index (χ2n) is 17.3. The Hall–Kier alpha value is -2.97. The number of carbonyl (C=O) groups is 3. The molecule has 0 spiro atoms. The summed E-state index contributed by atoms with van der Waals surface area (Å²) in [6, 6.07) is -0.619. The van der Waals surface area contributed by atoms with Crippen LogP contribution in [-0.4, -0.2) is 80.6 Å². The van der Waals surface area contributed by atoms with E-state index in [4.69, 9.17) is 14.2 Å². The van der Waals surface area contributed by atoms with Gasteiger partial charge in [-0.05, 0) is 77.0 Å². The van der Waals surface area contributed by atoms with E-state index >= 15 is 0 Å². The molecule has 0 radical (unpaired) electrons. The number of ether oxygens (including phenoxy) is 3. The summed E-state index contributed by atoms with van der Waals surface area (Å²) in [5.41, 5.74) is 0. The first-order chi connectivity index (χ1) is 29.1. The van der Waals surface area contributed by atoms with Gasteiger partial charge in [0.25, 0.3) is 0 Å². The number of likely N-dealkylation sites (N-methyl/N-ethyl adjacent to an activating group) is 1. The molecular formula is C52H92NO7+. The maximum absolute atomic E-state index is 12.8. The summed E-state index contributed by atoms with van der Waals surface area (Å²) in [5.74, 6) is -1.48. The third-order valence-corrected chi connectivity index (χ3v) is 10.7. The van der Waals surface area contributed by atoms with Crippen LogP contribution in [-0.2, 0) is 28.6 Å². The number of esters is 2. The number of carboxylic acids is 1. The van der Waals surface area contributed by atoms with Crippen molar-refractivity contribution < 1.29 is 38.2 Å². The Bertz CT molecular complexity index is 1170. The zero-order valence-corrected chi connectivity index (χ0v) is 39.4. The number of hydrogen-bond donors (Lipinski definition) is 1. The van der Waals surface area contributed by atoms with E-state index in [1.165, 1.54) is 89.9 Å². The topological polar surface area (TPSA) is 99.1 Å². The lowest BCUT2D eigenvalue weighted by molar-refractivity contribution is -0.887. The highest BCUT2D eigenvalue weighted by molar-refractivity contribution is 5.72. The number of allylic oxidation sites excluding steroid dienone is 10. The minimum atomic E-state index is -0.878. The molecule has 0 heterocycles. The highest BCUT2D eigenvalue weighted by Gasteiger charge is 2.31. The highest BCUT2D eigenvalue weighted by atomic mass is 16.6. The van der Waals surface area contributed by atoms with Gasteiger partial charge in [0.2, 0.25) is 0 Å². The fourth-order valence-corrected chi connectivity index (χ4v) is 6.90. The number of nitrogens with zero attached hydrogens (tertiary/aromatic N) is 1. The maximum atomic E-state index is 12.8. The SMILES string of the molecule is CC/C=C/C/C=C/C/C=C/CCCCCCCCCCCC(=O)OC(COCCC(C(=O)O)[N+](C)(C)C)COC(=O)CCCCCCCCC/C=C/C/C=C/CCCCC. The van der Waals surface area contributed by atoms with Crippen molar-refractivity contribution in [3.63, 3.8) is 0 Å². The fraction of sp³-hybridized carbons (Fsp3) is 0.750. The molecule has 0 rings (SSSR count). The lowest BCUT2D eigenvalue weighted by Crippen LogP contribution is -2.50. The number of quaternary nitrogens is 1. The molecule has 1 N–H and O–H groups in total. The number of aliphatic carboxylic acids is 1. The predicted octanol–water partition coefficient (Wildman–Crippen LogP) is 13.8. The molecule has 2 atom stereocenters. The van der Waals surface area contributed by atoms with E-state index in [0.717, 1.165) is 77.0 Å². The van der Waals surface area contributed by atoms with E-state index in [1.807, 2.05) is 21.1 Å². The first kappa shape index (κ1) is 57.0. The second-order valence-corrected chi connectivity index (χ2v) is 17.3. The summed E-state index contributed by atoms with van der Waals surface area (Å²) in [5, 5.41) is 9.64. The molecule has 8 heteroatoms. The van der Waals surface area contributed by atoms with Crippen LogP contribution in [0.2, 0.25) is 0 Å². The van der Waals surface area contributed by atoms with Crippen LogP contribution in [0.4, 0.5) is 0 Å². The van der Waals surface area contributed by atoms with E-state index in [1.54, 1.807) is 0 Å².